The van der Waals surface area contributed by atoms with Gasteiger partial charge in [-0.2, -0.15) is 0 Å². The van der Waals surface area contributed by atoms with Crippen LogP contribution in [-0.2, 0) is 34.0 Å². The molecule has 0 saturated heterocycles. The summed E-state index contributed by atoms with van der Waals surface area (Å²) < 4.78 is 17.2. The molecule has 0 aliphatic heterocycles. The maximum Gasteiger partial charge on any atom is 0.328 e. The fraction of sp³-hybridized carbons (Fsp3) is 0.182. The second-order valence-corrected chi connectivity index (χ2v) is 9.34. The number of ether oxygens (including phenoxy) is 3. The standard InChI is InChI=1S/C33H32N2O6/c1-23(36)34-28-16-14-27(15-17-28)32(37)35-29(33(38)39-2)19-26-13-18-30(40-21-24-9-5-3-6-10-24)31(20-26)41-22-25-11-7-4-8-12-25/h3-18,20,29H,19,21-22H2,1-2H3,(H,34,36)(H,35,37)/t29-/m0/s1. The molecule has 0 saturated carbocycles. The van der Waals surface area contributed by atoms with Crippen LogP contribution in [0.15, 0.2) is 103 Å². The number of esters is 1. The molecule has 0 fully saturated rings. The smallest absolute Gasteiger partial charge is 0.328 e. The highest BCUT2D eigenvalue weighted by molar-refractivity contribution is 5.97. The predicted molar refractivity (Wildman–Crippen MR) is 156 cm³/mol. The van der Waals surface area contributed by atoms with Crippen molar-refractivity contribution in [1.82, 2.24) is 5.32 Å². The minimum Gasteiger partial charge on any atom is -0.485 e. The Balaban J connectivity index is 1.51. The molecular weight excluding hydrogens is 520 g/mol. The molecular formula is C33H32N2O6. The van der Waals surface area contributed by atoms with E-state index in [-0.39, 0.29) is 12.3 Å². The minimum atomic E-state index is -0.944. The fourth-order valence-corrected chi connectivity index (χ4v) is 4.10. The zero-order chi connectivity index (χ0) is 29.0. The lowest BCUT2D eigenvalue weighted by atomic mass is 10.0. The van der Waals surface area contributed by atoms with Crippen molar-refractivity contribution in [1.29, 1.82) is 0 Å². The van der Waals surface area contributed by atoms with E-state index in [9.17, 15) is 14.4 Å². The van der Waals surface area contributed by atoms with Crippen LogP contribution < -0.4 is 20.1 Å². The van der Waals surface area contributed by atoms with Gasteiger partial charge in [0.25, 0.3) is 5.91 Å². The van der Waals surface area contributed by atoms with Crippen molar-refractivity contribution in [3.05, 3.63) is 125 Å². The Bertz CT molecular complexity index is 1460. The van der Waals surface area contributed by atoms with E-state index in [4.69, 9.17) is 14.2 Å². The summed E-state index contributed by atoms with van der Waals surface area (Å²) in [5.41, 5.74) is 3.66. The molecule has 0 unspecified atom stereocenters. The van der Waals surface area contributed by atoms with Crippen LogP contribution in [0.1, 0.15) is 34.0 Å². The number of anilines is 1. The highest BCUT2D eigenvalue weighted by Crippen LogP contribution is 2.31. The predicted octanol–water partition coefficient (Wildman–Crippen LogP) is 5.32. The molecule has 0 aliphatic carbocycles. The second-order valence-electron chi connectivity index (χ2n) is 9.34. The molecule has 4 rings (SSSR count). The van der Waals surface area contributed by atoms with Crippen molar-refractivity contribution in [2.24, 2.45) is 0 Å². The van der Waals surface area contributed by atoms with Crippen LogP contribution in [0.3, 0.4) is 0 Å². The quantitative estimate of drug-likeness (QED) is 0.231. The molecule has 2 N–H and O–H groups in total. The van der Waals surface area contributed by atoms with Gasteiger partial charge in [-0.25, -0.2) is 4.79 Å². The Labute approximate surface area is 239 Å². The van der Waals surface area contributed by atoms with Crippen LogP contribution in [0.2, 0.25) is 0 Å². The number of rotatable bonds is 12. The third-order valence-corrected chi connectivity index (χ3v) is 6.18. The molecule has 8 heteroatoms. The van der Waals surface area contributed by atoms with Crippen LogP contribution in [0.25, 0.3) is 0 Å². The molecule has 210 valence electrons. The van der Waals surface area contributed by atoms with Gasteiger partial charge in [0.1, 0.15) is 19.3 Å². The number of hydrogen-bond acceptors (Lipinski definition) is 6. The molecule has 0 aromatic heterocycles. The monoisotopic (exact) mass is 552 g/mol. The van der Waals surface area contributed by atoms with Crippen LogP contribution >= 0.6 is 0 Å². The van der Waals surface area contributed by atoms with Gasteiger partial charge in [-0.1, -0.05) is 66.7 Å². The third-order valence-electron chi connectivity index (χ3n) is 6.18. The number of carbonyl (C=O) groups excluding carboxylic acids is 3. The number of hydrogen-bond donors (Lipinski definition) is 2. The first-order valence-electron chi connectivity index (χ1n) is 13.1. The Morgan fingerprint density at radius 1 is 0.707 bits per heavy atom. The average Bonchev–Trinajstić information content (AvgIpc) is 2.99. The van der Waals surface area contributed by atoms with Crippen molar-refractivity contribution in [2.75, 3.05) is 12.4 Å². The Morgan fingerprint density at radius 2 is 1.29 bits per heavy atom. The summed E-state index contributed by atoms with van der Waals surface area (Å²) in [6.07, 6.45) is 0.170. The van der Waals surface area contributed by atoms with Gasteiger partial charge in [-0.3, -0.25) is 9.59 Å². The summed E-state index contributed by atoms with van der Waals surface area (Å²) in [5.74, 6) is -0.156. The lowest BCUT2D eigenvalue weighted by Crippen LogP contribution is -2.43. The lowest BCUT2D eigenvalue weighted by molar-refractivity contribution is -0.142. The van der Waals surface area contributed by atoms with Crippen LogP contribution in [0.5, 0.6) is 11.5 Å². The number of carbonyl (C=O) groups is 3. The van der Waals surface area contributed by atoms with Gasteiger partial charge in [0.05, 0.1) is 7.11 Å². The molecule has 0 radical (unpaired) electrons. The molecule has 0 heterocycles. The fourth-order valence-electron chi connectivity index (χ4n) is 4.10. The summed E-state index contributed by atoms with van der Waals surface area (Å²) in [7, 11) is 1.28. The molecule has 1 atom stereocenters. The Morgan fingerprint density at radius 3 is 1.85 bits per heavy atom. The molecule has 2 amide bonds. The van der Waals surface area contributed by atoms with Gasteiger partial charge in [0, 0.05) is 24.6 Å². The van der Waals surface area contributed by atoms with Crippen LogP contribution in [0.4, 0.5) is 5.69 Å². The van der Waals surface area contributed by atoms with E-state index in [1.165, 1.54) is 14.0 Å². The normalized spacial score (nSPS) is 11.2. The number of nitrogens with one attached hydrogen (secondary N) is 2. The lowest BCUT2D eigenvalue weighted by Gasteiger charge is -2.19. The zero-order valence-corrected chi connectivity index (χ0v) is 23.0. The highest BCUT2D eigenvalue weighted by Gasteiger charge is 2.23. The molecule has 0 aliphatic rings. The largest absolute Gasteiger partial charge is 0.485 e. The molecule has 0 bridgehead atoms. The first-order valence-corrected chi connectivity index (χ1v) is 13.1. The van der Waals surface area contributed by atoms with E-state index in [0.717, 1.165) is 16.7 Å². The van der Waals surface area contributed by atoms with Gasteiger partial charge < -0.3 is 24.8 Å². The van der Waals surface area contributed by atoms with Crippen molar-refractivity contribution in [3.8, 4) is 11.5 Å². The summed E-state index contributed by atoms with van der Waals surface area (Å²) in [4.78, 5) is 36.8. The Hall–Kier alpha value is -5.11. The molecule has 8 nitrogen and oxygen atoms in total. The summed E-state index contributed by atoms with van der Waals surface area (Å²) >= 11 is 0. The third kappa shape index (κ3) is 8.69. The van der Waals surface area contributed by atoms with Gasteiger partial charge in [-0.05, 0) is 53.1 Å². The summed E-state index contributed by atoms with van der Waals surface area (Å²) in [6, 6.07) is 30.5. The molecule has 4 aromatic carbocycles. The zero-order valence-electron chi connectivity index (χ0n) is 23.0. The first-order chi connectivity index (χ1) is 19.9. The van der Waals surface area contributed by atoms with Gasteiger partial charge >= 0.3 is 5.97 Å². The van der Waals surface area contributed by atoms with E-state index in [1.54, 1.807) is 30.3 Å². The number of benzene rings is 4. The minimum absolute atomic E-state index is 0.170. The Kier molecular flexibility index (Phi) is 10.1. The SMILES string of the molecule is COC(=O)[C@H](Cc1ccc(OCc2ccccc2)c(OCc2ccccc2)c1)NC(=O)c1ccc(NC(C)=O)cc1. The van der Waals surface area contributed by atoms with E-state index in [0.29, 0.717) is 36.0 Å². The van der Waals surface area contributed by atoms with E-state index < -0.39 is 17.9 Å². The average molecular weight is 553 g/mol. The van der Waals surface area contributed by atoms with Crippen molar-refractivity contribution >= 4 is 23.5 Å². The van der Waals surface area contributed by atoms with Gasteiger partial charge in [-0.15, -0.1) is 0 Å². The van der Waals surface area contributed by atoms with E-state index in [2.05, 4.69) is 10.6 Å². The van der Waals surface area contributed by atoms with Gasteiger partial charge in [0.15, 0.2) is 11.5 Å². The second kappa shape index (κ2) is 14.3. The van der Waals surface area contributed by atoms with E-state index >= 15 is 0 Å². The van der Waals surface area contributed by atoms with Crippen molar-refractivity contribution in [2.45, 2.75) is 32.6 Å². The summed E-state index contributed by atoms with van der Waals surface area (Å²) in [6.45, 7) is 2.10. The first kappa shape index (κ1) is 28.9. The molecule has 0 spiro atoms. The van der Waals surface area contributed by atoms with Crippen LogP contribution in [-0.4, -0.2) is 30.9 Å². The number of methoxy groups -OCH3 is 1. The highest BCUT2D eigenvalue weighted by atomic mass is 16.5. The van der Waals surface area contributed by atoms with Crippen molar-refractivity contribution in [3.63, 3.8) is 0 Å². The summed E-state index contributed by atoms with van der Waals surface area (Å²) in [5, 5.41) is 5.41. The van der Waals surface area contributed by atoms with Crippen molar-refractivity contribution < 1.29 is 28.6 Å². The maximum atomic E-state index is 12.9. The van der Waals surface area contributed by atoms with Gasteiger partial charge in [0.2, 0.25) is 5.91 Å². The maximum absolute atomic E-state index is 12.9. The van der Waals surface area contributed by atoms with Crippen LogP contribution in [0, 0.1) is 0 Å². The molecule has 4 aromatic rings. The van der Waals surface area contributed by atoms with E-state index in [1.807, 2.05) is 72.8 Å². The topological polar surface area (TPSA) is 103 Å². The molecule has 41 heavy (non-hydrogen) atoms. The number of amides is 2.